The molecule has 4 rings (SSSR count). The summed E-state index contributed by atoms with van der Waals surface area (Å²) in [5.41, 5.74) is -0.753. The zero-order valence-corrected chi connectivity index (χ0v) is 22.0. The van der Waals surface area contributed by atoms with Crippen LogP contribution in [0.2, 0.25) is 5.02 Å². The lowest BCUT2D eigenvalue weighted by Crippen LogP contribution is -2.60. The predicted octanol–water partition coefficient (Wildman–Crippen LogP) is 3.10. The lowest BCUT2D eigenvalue weighted by molar-refractivity contribution is -0.151. The highest BCUT2D eigenvalue weighted by Crippen LogP contribution is 2.60. The van der Waals surface area contributed by atoms with Crippen molar-refractivity contribution in [1.82, 2.24) is 4.90 Å². The average molecular weight is 570 g/mol. The molecule has 10 heteroatoms. The van der Waals surface area contributed by atoms with Gasteiger partial charge in [0.1, 0.15) is 11.6 Å². The van der Waals surface area contributed by atoms with Gasteiger partial charge in [0.2, 0.25) is 5.91 Å². The monoisotopic (exact) mass is 568 g/mol. The molecule has 1 aromatic rings. The van der Waals surface area contributed by atoms with E-state index in [0.29, 0.717) is 23.6 Å². The fraction of sp³-hybridized carbons (Fsp3) is 0.560. The van der Waals surface area contributed by atoms with E-state index in [-0.39, 0.29) is 23.9 Å². The molecule has 3 heterocycles. The second-order valence-corrected chi connectivity index (χ2v) is 11.2. The number of carboxylic acid groups (broad SMARTS) is 1. The minimum absolute atomic E-state index is 0.127. The summed E-state index contributed by atoms with van der Waals surface area (Å²) < 4.78 is 6.33. The number of carbonyl (C=O) groups is 3. The first-order chi connectivity index (χ1) is 16.6. The van der Waals surface area contributed by atoms with Crippen LogP contribution in [0, 0.1) is 17.8 Å². The standard InChI is InChI=1S/C25H30BrClN2O6/c1-4-10-28(15-8-6-14(27)7-9-15)23(32)21-25-11-16(26)20(35-25)18(24(33)34)19(25)22(31)29(21)17(12-30)13(3)5-2/h4,6-9,13,16-21,30H,1,5,10-12H2,2-3H3,(H,33,34)/t13-,16?,17-,18-,19+,20-,21-,25+/m0/s1. The Hall–Kier alpha value is -1.94. The summed E-state index contributed by atoms with van der Waals surface area (Å²) in [6, 6.07) is 4.98. The summed E-state index contributed by atoms with van der Waals surface area (Å²) in [4.78, 5) is 43.2. The van der Waals surface area contributed by atoms with Crippen LogP contribution in [0.25, 0.3) is 0 Å². The van der Waals surface area contributed by atoms with Crippen LogP contribution in [-0.4, -0.2) is 74.7 Å². The number of halogens is 2. The molecule has 0 saturated carbocycles. The molecule has 3 aliphatic rings. The van der Waals surface area contributed by atoms with Crippen LogP contribution >= 0.6 is 27.5 Å². The number of benzene rings is 1. The van der Waals surface area contributed by atoms with Crippen LogP contribution in [-0.2, 0) is 19.1 Å². The largest absolute Gasteiger partial charge is 0.481 e. The zero-order chi connectivity index (χ0) is 25.7. The van der Waals surface area contributed by atoms with E-state index < -0.39 is 53.4 Å². The Bertz CT molecular complexity index is 1020. The quantitative estimate of drug-likeness (QED) is 0.350. The fourth-order valence-corrected chi connectivity index (χ4v) is 7.09. The molecule has 3 aliphatic heterocycles. The van der Waals surface area contributed by atoms with Crippen molar-refractivity contribution in [3.8, 4) is 0 Å². The number of alkyl halides is 1. The Kier molecular flexibility index (Phi) is 7.35. The van der Waals surface area contributed by atoms with Crippen LogP contribution in [0.5, 0.6) is 0 Å². The number of carbonyl (C=O) groups excluding carboxylic acids is 2. The van der Waals surface area contributed by atoms with Crippen molar-refractivity contribution < 1.29 is 29.3 Å². The van der Waals surface area contributed by atoms with Gasteiger partial charge >= 0.3 is 5.97 Å². The third kappa shape index (κ3) is 4.00. The Morgan fingerprint density at radius 2 is 2.06 bits per heavy atom. The molecule has 2 amide bonds. The van der Waals surface area contributed by atoms with Gasteiger partial charge in [-0.05, 0) is 36.6 Å². The smallest absolute Gasteiger partial charge is 0.310 e. The number of ether oxygens (including phenoxy) is 1. The molecule has 0 aliphatic carbocycles. The van der Waals surface area contributed by atoms with E-state index in [1.165, 1.54) is 9.80 Å². The van der Waals surface area contributed by atoms with Gasteiger partial charge in [0.15, 0.2) is 0 Å². The van der Waals surface area contributed by atoms with E-state index in [9.17, 15) is 24.6 Å². The molecule has 3 saturated heterocycles. The highest BCUT2D eigenvalue weighted by molar-refractivity contribution is 9.09. The van der Waals surface area contributed by atoms with Gasteiger partial charge in [-0.25, -0.2) is 0 Å². The molecule has 2 N–H and O–H groups in total. The maximum Gasteiger partial charge on any atom is 0.310 e. The molecule has 1 unspecified atom stereocenters. The van der Waals surface area contributed by atoms with E-state index in [1.807, 2.05) is 13.8 Å². The highest BCUT2D eigenvalue weighted by atomic mass is 79.9. The lowest BCUT2D eigenvalue weighted by atomic mass is 9.70. The molecule has 8 atom stereocenters. The summed E-state index contributed by atoms with van der Waals surface area (Å²) in [6.07, 6.45) is 1.83. The first-order valence-electron chi connectivity index (χ1n) is 11.8. The third-order valence-corrected chi connectivity index (χ3v) is 8.90. The Morgan fingerprint density at radius 1 is 1.40 bits per heavy atom. The van der Waals surface area contributed by atoms with Crippen molar-refractivity contribution in [3.63, 3.8) is 0 Å². The van der Waals surface area contributed by atoms with Crippen LogP contribution in [0.15, 0.2) is 36.9 Å². The van der Waals surface area contributed by atoms with E-state index in [0.717, 1.165) is 0 Å². The topological polar surface area (TPSA) is 107 Å². The van der Waals surface area contributed by atoms with Gasteiger partial charge in [-0.1, -0.05) is 53.9 Å². The Morgan fingerprint density at radius 3 is 2.60 bits per heavy atom. The maximum atomic E-state index is 14.3. The van der Waals surface area contributed by atoms with Gasteiger partial charge in [0.05, 0.1) is 30.6 Å². The molecule has 1 spiro atoms. The van der Waals surface area contributed by atoms with Crippen molar-refractivity contribution in [2.75, 3.05) is 18.1 Å². The number of carboxylic acids is 1. The molecule has 0 radical (unpaired) electrons. The number of aliphatic carboxylic acids is 1. The summed E-state index contributed by atoms with van der Waals surface area (Å²) in [5, 5.41) is 20.9. The normalized spacial score (nSPS) is 32.9. The second-order valence-electron chi connectivity index (χ2n) is 9.60. The van der Waals surface area contributed by atoms with E-state index in [1.54, 1.807) is 30.3 Å². The lowest BCUT2D eigenvalue weighted by Gasteiger charge is -2.41. The number of nitrogens with zero attached hydrogens (tertiary/aromatic N) is 2. The number of hydrogen-bond donors (Lipinski definition) is 2. The Balaban J connectivity index is 1.86. The number of fused-ring (bicyclic) bond motifs is 1. The van der Waals surface area contributed by atoms with Crippen LogP contribution in [0.1, 0.15) is 26.7 Å². The van der Waals surface area contributed by atoms with Crippen molar-refractivity contribution in [2.24, 2.45) is 17.8 Å². The van der Waals surface area contributed by atoms with Crippen LogP contribution < -0.4 is 4.90 Å². The highest BCUT2D eigenvalue weighted by Gasteiger charge is 2.77. The number of hydrogen-bond acceptors (Lipinski definition) is 5. The van der Waals surface area contributed by atoms with Crippen LogP contribution in [0.4, 0.5) is 5.69 Å². The molecule has 190 valence electrons. The molecule has 0 aromatic heterocycles. The van der Waals surface area contributed by atoms with Crippen LogP contribution in [0.3, 0.4) is 0 Å². The van der Waals surface area contributed by atoms with Gasteiger partial charge in [0, 0.05) is 22.1 Å². The first kappa shape index (κ1) is 26.1. The minimum atomic E-state index is -1.32. The summed E-state index contributed by atoms with van der Waals surface area (Å²) >= 11 is 9.60. The molecule has 1 aromatic carbocycles. The summed E-state index contributed by atoms with van der Waals surface area (Å²) in [6.45, 7) is 7.44. The molecule has 35 heavy (non-hydrogen) atoms. The van der Waals surface area contributed by atoms with Crippen molar-refractivity contribution in [1.29, 1.82) is 0 Å². The van der Waals surface area contributed by atoms with E-state index in [4.69, 9.17) is 16.3 Å². The van der Waals surface area contributed by atoms with Gasteiger partial charge in [-0.3, -0.25) is 14.4 Å². The van der Waals surface area contributed by atoms with Crippen molar-refractivity contribution in [3.05, 3.63) is 41.9 Å². The fourth-order valence-electron chi connectivity index (χ4n) is 6.02. The number of anilines is 1. The predicted molar refractivity (Wildman–Crippen MR) is 135 cm³/mol. The number of aliphatic hydroxyl groups excluding tert-OH is 1. The average Bonchev–Trinajstić information content (AvgIpc) is 3.42. The summed E-state index contributed by atoms with van der Waals surface area (Å²) in [5.74, 6) is -4.21. The first-order valence-corrected chi connectivity index (χ1v) is 13.1. The summed E-state index contributed by atoms with van der Waals surface area (Å²) in [7, 11) is 0. The molecular weight excluding hydrogens is 540 g/mol. The second kappa shape index (κ2) is 9.84. The Labute approximate surface area is 218 Å². The molecular formula is C25H30BrClN2O6. The molecule has 8 nitrogen and oxygen atoms in total. The maximum absolute atomic E-state index is 14.3. The number of rotatable bonds is 9. The number of likely N-dealkylation sites (tertiary alicyclic amines) is 1. The van der Waals surface area contributed by atoms with Gasteiger partial charge in [-0.2, -0.15) is 0 Å². The van der Waals surface area contributed by atoms with Gasteiger partial charge in [0.25, 0.3) is 5.91 Å². The number of aliphatic hydroxyl groups is 1. The van der Waals surface area contributed by atoms with Gasteiger partial charge in [-0.15, -0.1) is 6.58 Å². The van der Waals surface area contributed by atoms with Gasteiger partial charge < -0.3 is 24.7 Å². The third-order valence-electron chi connectivity index (χ3n) is 7.81. The van der Waals surface area contributed by atoms with E-state index in [2.05, 4.69) is 22.5 Å². The van der Waals surface area contributed by atoms with Crippen molar-refractivity contribution >= 4 is 51.0 Å². The molecule has 3 fully saturated rings. The SMILES string of the molecule is C=CCN(C(=O)[C@@H]1N([C@@H](CO)[C@@H](C)CC)C(=O)[C@H]2[C@H](C(=O)O)[C@H]3O[C@@]12CC3Br)c1ccc(Cl)cc1. The minimum Gasteiger partial charge on any atom is -0.481 e. The zero-order valence-electron chi connectivity index (χ0n) is 19.6. The molecule has 2 bridgehead atoms. The number of amides is 2. The van der Waals surface area contributed by atoms with E-state index >= 15 is 0 Å². The van der Waals surface area contributed by atoms with Crippen molar-refractivity contribution in [2.45, 2.75) is 55.3 Å².